The number of para-hydroxylation sites is 2. The summed E-state index contributed by atoms with van der Waals surface area (Å²) in [5, 5.41) is 17.2. The zero-order chi connectivity index (χ0) is 21.3. The van der Waals surface area contributed by atoms with Gasteiger partial charge in [-0.3, -0.25) is 4.90 Å². The molecule has 31 heavy (non-hydrogen) atoms. The van der Waals surface area contributed by atoms with E-state index in [0.29, 0.717) is 6.67 Å². The van der Waals surface area contributed by atoms with Gasteiger partial charge >= 0.3 is 0 Å². The van der Waals surface area contributed by atoms with E-state index in [0.717, 1.165) is 43.1 Å². The number of methoxy groups -OCH3 is 1. The number of rotatable bonds is 4. The largest absolute Gasteiger partial charge is 0.626 e. The lowest BCUT2D eigenvalue weighted by molar-refractivity contribution is 0.0279. The molecule has 3 aliphatic rings. The van der Waals surface area contributed by atoms with Crippen molar-refractivity contribution in [2.75, 3.05) is 32.2 Å². The van der Waals surface area contributed by atoms with Crippen LogP contribution in [0.15, 0.2) is 48.5 Å². The molecule has 5 rings (SSSR count). The average Bonchev–Trinajstić information content (AvgIpc) is 3.00. The standard InChI is InChI=1S/C26H35N3O2/c1-31-23-10-8-9-21(19-23)26(15-6-2-3-7-16-26)28-17-13-22(14-18-28)29(30)20-27-24-11-4-5-12-25(24)29/h4-5,8-12,19,22,27H,2-3,6-7,13-18,20H2,1H3. The number of piperidine rings is 1. The van der Waals surface area contributed by atoms with E-state index in [1.54, 1.807) is 7.11 Å². The third kappa shape index (κ3) is 3.63. The van der Waals surface area contributed by atoms with Gasteiger partial charge in [0.2, 0.25) is 0 Å². The summed E-state index contributed by atoms with van der Waals surface area (Å²) >= 11 is 0. The highest BCUT2D eigenvalue weighted by Gasteiger charge is 2.45. The molecule has 5 heteroatoms. The molecular formula is C26H35N3O2. The first-order valence-corrected chi connectivity index (χ1v) is 12.0. The fourth-order valence-electron chi connectivity index (χ4n) is 6.29. The van der Waals surface area contributed by atoms with E-state index in [1.165, 1.54) is 44.1 Å². The molecule has 1 saturated carbocycles. The highest BCUT2D eigenvalue weighted by atomic mass is 16.6. The van der Waals surface area contributed by atoms with Crippen LogP contribution >= 0.6 is 0 Å². The molecule has 2 fully saturated rings. The van der Waals surface area contributed by atoms with E-state index in [9.17, 15) is 5.21 Å². The zero-order valence-electron chi connectivity index (χ0n) is 18.7. The molecule has 1 saturated heterocycles. The average molecular weight is 422 g/mol. The van der Waals surface area contributed by atoms with Gasteiger partial charge in [-0.25, -0.2) is 0 Å². The normalized spacial score (nSPS) is 26.6. The number of nitrogens with one attached hydrogen (secondary N) is 1. The van der Waals surface area contributed by atoms with E-state index in [-0.39, 0.29) is 16.2 Å². The molecule has 1 aliphatic carbocycles. The van der Waals surface area contributed by atoms with E-state index < -0.39 is 0 Å². The van der Waals surface area contributed by atoms with Crippen molar-refractivity contribution in [3.05, 3.63) is 59.3 Å². The monoisotopic (exact) mass is 421 g/mol. The summed E-state index contributed by atoms with van der Waals surface area (Å²) in [6.07, 6.45) is 9.50. The van der Waals surface area contributed by atoms with Crippen LogP contribution in [0.25, 0.3) is 0 Å². The molecule has 1 N–H and O–H groups in total. The summed E-state index contributed by atoms with van der Waals surface area (Å²) in [7, 11) is 1.75. The van der Waals surface area contributed by atoms with Crippen molar-refractivity contribution in [1.29, 1.82) is 0 Å². The first-order valence-electron chi connectivity index (χ1n) is 12.0. The van der Waals surface area contributed by atoms with Crippen molar-refractivity contribution >= 4 is 11.4 Å². The summed E-state index contributed by atoms with van der Waals surface area (Å²) in [5.74, 6) is 0.944. The predicted molar refractivity (Wildman–Crippen MR) is 127 cm³/mol. The molecule has 2 aliphatic heterocycles. The number of ether oxygens (including phenoxy) is 1. The summed E-state index contributed by atoms with van der Waals surface area (Å²) in [5.41, 5.74) is 3.39. The van der Waals surface area contributed by atoms with Gasteiger partial charge in [-0.1, -0.05) is 49.9 Å². The van der Waals surface area contributed by atoms with Crippen molar-refractivity contribution in [1.82, 2.24) is 9.55 Å². The van der Waals surface area contributed by atoms with Crippen LogP contribution in [0, 0.1) is 5.21 Å². The molecule has 0 amide bonds. The van der Waals surface area contributed by atoms with Crippen molar-refractivity contribution < 1.29 is 4.74 Å². The Hall–Kier alpha value is -2.08. The van der Waals surface area contributed by atoms with Crippen molar-refractivity contribution in [2.24, 2.45) is 0 Å². The number of hydrogen-bond donors (Lipinski definition) is 1. The van der Waals surface area contributed by atoms with Crippen LogP contribution in [0.3, 0.4) is 0 Å². The summed E-state index contributed by atoms with van der Waals surface area (Å²) < 4.78 is 5.36. The quantitative estimate of drug-likeness (QED) is 0.397. The van der Waals surface area contributed by atoms with Crippen molar-refractivity contribution in [3.63, 3.8) is 0 Å². The Balaban J connectivity index is 1.39. The van der Waals surface area contributed by atoms with Crippen LogP contribution in [0.4, 0.5) is 11.4 Å². The van der Waals surface area contributed by atoms with Crippen LogP contribution in [-0.4, -0.2) is 37.8 Å². The lowest BCUT2D eigenvalue weighted by Crippen LogP contribution is -2.58. The van der Waals surface area contributed by atoms with Gasteiger partial charge in [0, 0.05) is 37.5 Å². The Labute approximate surface area is 186 Å². The van der Waals surface area contributed by atoms with Crippen LogP contribution < -0.4 is 14.7 Å². The maximum Gasteiger partial charge on any atom is 0.158 e. The summed E-state index contributed by atoms with van der Waals surface area (Å²) in [6, 6.07) is 16.9. The van der Waals surface area contributed by atoms with E-state index in [1.807, 2.05) is 30.3 Å². The van der Waals surface area contributed by atoms with Gasteiger partial charge in [0.25, 0.3) is 0 Å². The van der Waals surface area contributed by atoms with Gasteiger partial charge < -0.3 is 19.9 Å². The molecule has 0 radical (unpaired) electrons. The first-order chi connectivity index (χ1) is 15.2. The third-order valence-electron chi connectivity index (χ3n) is 8.01. The van der Waals surface area contributed by atoms with Crippen LogP contribution in [-0.2, 0) is 5.54 Å². The molecule has 0 spiro atoms. The number of hydroxylamine groups is 2. The number of quaternary nitrogens is 1. The Kier molecular flexibility index (Phi) is 5.67. The molecule has 2 aromatic rings. The lowest BCUT2D eigenvalue weighted by Gasteiger charge is -2.52. The van der Waals surface area contributed by atoms with Crippen molar-refractivity contribution in [3.8, 4) is 5.75 Å². The molecule has 166 valence electrons. The molecule has 5 nitrogen and oxygen atoms in total. The molecule has 0 bridgehead atoms. The minimum Gasteiger partial charge on any atom is -0.626 e. The fraction of sp³-hybridized carbons (Fsp3) is 0.538. The van der Waals surface area contributed by atoms with E-state index >= 15 is 0 Å². The second-order valence-electron chi connectivity index (χ2n) is 9.54. The van der Waals surface area contributed by atoms with Gasteiger partial charge in [-0.2, -0.15) is 0 Å². The number of hydrogen-bond acceptors (Lipinski definition) is 4. The Morgan fingerprint density at radius 1 is 1.00 bits per heavy atom. The van der Waals surface area contributed by atoms with Crippen LogP contribution in [0.2, 0.25) is 0 Å². The Bertz CT molecular complexity index is 901. The summed E-state index contributed by atoms with van der Waals surface area (Å²) in [4.78, 5) is 2.71. The van der Waals surface area contributed by atoms with Crippen molar-refractivity contribution in [2.45, 2.75) is 62.9 Å². The number of likely N-dealkylation sites (tertiary alicyclic amines) is 1. The highest BCUT2D eigenvalue weighted by molar-refractivity contribution is 5.72. The first kappa shape index (κ1) is 20.8. The van der Waals surface area contributed by atoms with Gasteiger partial charge in [-0.15, -0.1) is 0 Å². The van der Waals surface area contributed by atoms with E-state index in [2.05, 4.69) is 28.4 Å². The van der Waals surface area contributed by atoms with Gasteiger partial charge in [0.1, 0.15) is 11.4 Å². The van der Waals surface area contributed by atoms with Gasteiger partial charge in [-0.05, 0) is 36.6 Å². The molecular weight excluding hydrogens is 386 g/mol. The topological polar surface area (TPSA) is 47.6 Å². The number of benzene rings is 2. The molecule has 1 atom stereocenters. The molecule has 2 aromatic carbocycles. The fourth-order valence-corrected chi connectivity index (χ4v) is 6.29. The van der Waals surface area contributed by atoms with Gasteiger partial charge in [0.15, 0.2) is 12.4 Å². The molecule has 1 unspecified atom stereocenters. The Morgan fingerprint density at radius 3 is 2.48 bits per heavy atom. The lowest BCUT2D eigenvalue weighted by atomic mass is 9.79. The maximum atomic E-state index is 13.9. The number of anilines is 1. The summed E-state index contributed by atoms with van der Waals surface area (Å²) in [6.45, 7) is 2.45. The van der Waals surface area contributed by atoms with Crippen LogP contribution in [0.5, 0.6) is 5.75 Å². The van der Waals surface area contributed by atoms with Crippen LogP contribution in [0.1, 0.15) is 56.9 Å². The third-order valence-corrected chi connectivity index (χ3v) is 8.01. The number of fused-ring (bicyclic) bond motifs is 1. The minimum absolute atomic E-state index is 0.0743. The number of nitrogens with zero attached hydrogens (tertiary/aromatic N) is 2. The Morgan fingerprint density at radius 2 is 1.74 bits per heavy atom. The SMILES string of the molecule is COc1cccc(C2(N3CCC([N+]4([O-])CNc5ccccc54)CC3)CCCCCC2)c1. The van der Waals surface area contributed by atoms with E-state index in [4.69, 9.17) is 4.74 Å². The van der Waals surface area contributed by atoms with Gasteiger partial charge in [0.05, 0.1) is 13.2 Å². The molecule has 2 heterocycles. The smallest absolute Gasteiger partial charge is 0.158 e. The highest BCUT2D eigenvalue weighted by Crippen LogP contribution is 2.46. The second-order valence-corrected chi connectivity index (χ2v) is 9.54. The zero-order valence-corrected chi connectivity index (χ0v) is 18.7. The predicted octanol–water partition coefficient (Wildman–Crippen LogP) is 5.60. The second kappa shape index (κ2) is 8.45. The maximum absolute atomic E-state index is 13.9. The molecule has 0 aromatic heterocycles. The minimum atomic E-state index is -0.212.